The fourth-order valence-electron chi connectivity index (χ4n) is 4.13. The van der Waals surface area contributed by atoms with Gasteiger partial charge in [0.1, 0.15) is 16.7 Å². The van der Waals surface area contributed by atoms with Crippen molar-refractivity contribution in [1.29, 1.82) is 5.26 Å². The van der Waals surface area contributed by atoms with Gasteiger partial charge in [-0.15, -0.1) is 0 Å². The number of amides is 2. The van der Waals surface area contributed by atoms with Crippen molar-refractivity contribution in [2.75, 3.05) is 18.0 Å². The number of anilines is 1. The standard InChI is InChI=1S/C25H23Cl2N3O2S/c26-20-12-8-9-17(22(20)27)15-21-24(32)30(18-10-4-3-5-11-18)25(33-21)19(16-28)23(31)29-13-6-1-2-7-14-29/h3-5,8-12,21H,1-2,6-7,13-15H2/b25-19+/t21-/m0/s1. The minimum Gasteiger partial charge on any atom is -0.338 e. The lowest BCUT2D eigenvalue weighted by atomic mass is 10.1. The Morgan fingerprint density at radius 3 is 2.39 bits per heavy atom. The Kier molecular flexibility index (Phi) is 7.64. The molecule has 0 unspecified atom stereocenters. The van der Waals surface area contributed by atoms with Crippen LogP contribution >= 0.6 is 35.0 Å². The third-order valence-corrected chi connectivity index (χ3v) is 7.96. The third kappa shape index (κ3) is 5.06. The van der Waals surface area contributed by atoms with Crippen LogP contribution in [0, 0.1) is 11.3 Å². The van der Waals surface area contributed by atoms with Crippen LogP contribution in [-0.2, 0) is 16.0 Å². The highest BCUT2D eigenvalue weighted by Crippen LogP contribution is 2.43. The van der Waals surface area contributed by atoms with Crippen LogP contribution < -0.4 is 4.90 Å². The van der Waals surface area contributed by atoms with Crippen LogP contribution in [0.15, 0.2) is 59.1 Å². The summed E-state index contributed by atoms with van der Waals surface area (Å²) in [6, 6.07) is 16.6. The van der Waals surface area contributed by atoms with Crippen LogP contribution in [0.1, 0.15) is 31.2 Å². The first-order chi connectivity index (χ1) is 16.0. The molecule has 2 amide bonds. The summed E-state index contributed by atoms with van der Waals surface area (Å²) in [5.41, 5.74) is 1.39. The molecule has 0 bridgehead atoms. The second-order valence-corrected chi connectivity index (χ2v) is 10.0. The molecule has 2 aliphatic rings. The first-order valence-corrected chi connectivity index (χ1v) is 12.6. The normalized spacial score (nSPS) is 20.4. The number of hydrogen-bond acceptors (Lipinski definition) is 4. The van der Waals surface area contributed by atoms with E-state index in [-0.39, 0.29) is 17.4 Å². The molecule has 170 valence electrons. The average Bonchev–Trinajstić information content (AvgIpc) is 2.98. The molecule has 2 heterocycles. The second kappa shape index (κ2) is 10.6. The highest BCUT2D eigenvalue weighted by Gasteiger charge is 2.41. The fourth-order valence-corrected chi connectivity index (χ4v) is 5.82. The SMILES string of the molecule is N#C/C(C(=O)N1CCCCCC1)=C1\S[C@@H](Cc2cccc(Cl)c2Cl)C(=O)N1c1ccccc1. The summed E-state index contributed by atoms with van der Waals surface area (Å²) in [6.45, 7) is 1.26. The number of carbonyl (C=O) groups excluding carboxylic acids is 2. The van der Waals surface area contributed by atoms with Crippen LogP contribution in [0.3, 0.4) is 0 Å². The number of para-hydroxylation sites is 1. The Morgan fingerprint density at radius 2 is 1.73 bits per heavy atom. The van der Waals surface area contributed by atoms with Gasteiger partial charge in [-0.2, -0.15) is 5.26 Å². The average molecular weight is 500 g/mol. The zero-order valence-electron chi connectivity index (χ0n) is 18.0. The molecule has 5 nitrogen and oxygen atoms in total. The van der Waals surface area contributed by atoms with Gasteiger partial charge in [0.15, 0.2) is 0 Å². The predicted molar refractivity (Wildman–Crippen MR) is 133 cm³/mol. The minimum atomic E-state index is -0.531. The topological polar surface area (TPSA) is 64.4 Å². The van der Waals surface area contributed by atoms with Crippen LogP contribution in [0.4, 0.5) is 5.69 Å². The number of benzene rings is 2. The van der Waals surface area contributed by atoms with Crippen molar-refractivity contribution in [3.63, 3.8) is 0 Å². The van der Waals surface area contributed by atoms with Gasteiger partial charge in [-0.3, -0.25) is 14.5 Å². The van der Waals surface area contributed by atoms with Gasteiger partial charge in [0, 0.05) is 18.8 Å². The zero-order valence-corrected chi connectivity index (χ0v) is 20.3. The van der Waals surface area contributed by atoms with Crippen LogP contribution in [-0.4, -0.2) is 35.1 Å². The van der Waals surface area contributed by atoms with Crippen LogP contribution in [0.2, 0.25) is 10.0 Å². The highest BCUT2D eigenvalue weighted by atomic mass is 35.5. The summed E-state index contributed by atoms with van der Waals surface area (Å²) in [6.07, 6.45) is 4.34. The molecule has 0 aromatic heterocycles. The number of hydrogen-bond donors (Lipinski definition) is 0. The lowest BCUT2D eigenvalue weighted by Gasteiger charge is -2.23. The van der Waals surface area contributed by atoms with Crippen LogP contribution in [0.5, 0.6) is 0 Å². The maximum Gasteiger partial charge on any atom is 0.267 e. The van der Waals surface area contributed by atoms with Crippen molar-refractivity contribution in [3.05, 3.63) is 74.7 Å². The molecule has 2 aromatic carbocycles. The lowest BCUT2D eigenvalue weighted by molar-refractivity contribution is -0.126. The van der Waals surface area contributed by atoms with Gasteiger partial charge < -0.3 is 4.90 Å². The summed E-state index contributed by atoms with van der Waals surface area (Å²) < 4.78 is 0. The van der Waals surface area contributed by atoms with Gasteiger partial charge in [0.2, 0.25) is 5.91 Å². The van der Waals surface area contributed by atoms with E-state index < -0.39 is 5.25 Å². The summed E-state index contributed by atoms with van der Waals surface area (Å²) in [5, 5.41) is 10.7. The van der Waals surface area contributed by atoms with Gasteiger partial charge in [-0.05, 0) is 43.0 Å². The predicted octanol–water partition coefficient (Wildman–Crippen LogP) is 5.82. The second-order valence-electron chi connectivity index (χ2n) is 8.03. The summed E-state index contributed by atoms with van der Waals surface area (Å²) in [4.78, 5) is 30.2. The van der Waals surface area contributed by atoms with Gasteiger partial charge >= 0.3 is 0 Å². The van der Waals surface area contributed by atoms with E-state index in [2.05, 4.69) is 6.07 Å². The molecule has 1 atom stereocenters. The van der Waals surface area contributed by atoms with E-state index in [0.29, 0.717) is 40.3 Å². The van der Waals surface area contributed by atoms with E-state index in [9.17, 15) is 14.9 Å². The molecule has 2 aliphatic heterocycles. The number of likely N-dealkylation sites (tertiary alicyclic amines) is 1. The summed E-state index contributed by atoms with van der Waals surface area (Å²) in [7, 11) is 0. The molecule has 33 heavy (non-hydrogen) atoms. The summed E-state index contributed by atoms with van der Waals surface area (Å²) >= 11 is 13.8. The molecule has 0 aliphatic carbocycles. The Labute approximate surface area is 207 Å². The van der Waals surface area contributed by atoms with E-state index in [1.165, 1.54) is 16.7 Å². The molecular formula is C25H23Cl2N3O2S. The first-order valence-electron chi connectivity index (χ1n) is 10.9. The lowest BCUT2D eigenvalue weighted by Crippen LogP contribution is -2.35. The molecule has 2 saturated heterocycles. The van der Waals surface area contributed by atoms with E-state index in [1.54, 1.807) is 29.2 Å². The smallest absolute Gasteiger partial charge is 0.267 e. The van der Waals surface area contributed by atoms with Crippen molar-refractivity contribution >= 4 is 52.5 Å². The highest BCUT2D eigenvalue weighted by molar-refractivity contribution is 8.05. The quantitative estimate of drug-likeness (QED) is 0.392. The Balaban J connectivity index is 1.73. The van der Waals surface area contributed by atoms with Gasteiger partial charge in [-0.25, -0.2) is 0 Å². The number of thioether (sulfide) groups is 1. The van der Waals surface area contributed by atoms with Gasteiger partial charge in [0.05, 0.1) is 15.3 Å². The zero-order chi connectivity index (χ0) is 23.4. The van der Waals surface area contributed by atoms with Gasteiger partial charge in [-0.1, -0.05) is 78.1 Å². The van der Waals surface area contributed by atoms with Crippen molar-refractivity contribution in [2.45, 2.75) is 37.4 Å². The number of nitrogens with zero attached hydrogens (tertiary/aromatic N) is 3. The molecule has 0 spiro atoms. The minimum absolute atomic E-state index is 0.0128. The largest absolute Gasteiger partial charge is 0.338 e. The monoisotopic (exact) mass is 499 g/mol. The molecule has 0 saturated carbocycles. The Hall–Kier alpha value is -2.46. The van der Waals surface area contributed by atoms with E-state index in [1.807, 2.05) is 24.3 Å². The molecule has 0 radical (unpaired) electrons. The molecular weight excluding hydrogens is 477 g/mol. The van der Waals surface area contributed by atoms with Crippen molar-refractivity contribution in [3.8, 4) is 6.07 Å². The third-order valence-electron chi connectivity index (χ3n) is 5.84. The van der Waals surface area contributed by atoms with Crippen molar-refractivity contribution < 1.29 is 9.59 Å². The maximum atomic E-state index is 13.6. The van der Waals surface area contributed by atoms with E-state index in [0.717, 1.165) is 31.2 Å². The number of rotatable bonds is 4. The molecule has 8 heteroatoms. The van der Waals surface area contributed by atoms with Crippen LogP contribution in [0.25, 0.3) is 0 Å². The number of carbonyl (C=O) groups is 2. The molecule has 2 fully saturated rings. The summed E-state index contributed by atoms with van der Waals surface area (Å²) in [5.74, 6) is -0.495. The van der Waals surface area contributed by atoms with Gasteiger partial charge in [0.25, 0.3) is 5.91 Å². The Bertz CT molecular complexity index is 1120. The fraction of sp³-hybridized carbons (Fsp3) is 0.320. The van der Waals surface area contributed by atoms with Crippen molar-refractivity contribution in [1.82, 2.24) is 4.90 Å². The number of nitriles is 1. The Morgan fingerprint density at radius 1 is 1.03 bits per heavy atom. The van der Waals surface area contributed by atoms with E-state index >= 15 is 0 Å². The molecule has 4 rings (SSSR count). The van der Waals surface area contributed by atoms with Crippen molar-refractivity contribution in [2.24, 2.45) is 0 Å². The molecule has 2 aromatic rings. The maximum absolute atomic E-state index is 13.6. The van der Waals surface area contributed by atoms with E-state index in [4.69, 9.17) is 23.2 Å². The first kappa shape index (κ1) is 23.7. The number of halogens is 2. The molecule has 0 N–H and O–H groups in total.